The van der Waals surface area contributed by atoms with Crippen LogP contribution in [0.25, 0.3) is 0 Å². The first kappa shape index (κ1) is 26.6. The van der Waals surface area contributed by atoms with E-state index < -0.39 is 41.7 Å². The number of aromatic nitrogens is 2. The van der Waals surface area contributed by atoms with Gasteiger partial charge in [-0.1, -0.05) is 26.0 Å². The fraction of sp³-hybridized carbons (Fsp3) is 0.462. The molecule has 1 spiro atoms. The van der Waals surface area contributed by atoms with Crippen LogP contribution in [-0.4, -0.2) is 98.4 Å². The number of amides is 2. The van der Waals surface area contributed by atoms with Crippen LogP contribution in [0.5, 0.6) is 11.6 Å². The maximum absolute atomic E-state index is 13.5. The molecule has 2 aromatic rings. The summed E-state index contributed by atoms with van der Waals surface area (Å²) in [6, 6.07) is 4.50. The zero-order valence-electron chi connectivity index (χ0n) is 22.5. The zero-order chi connectivity index (χ0) is 29.1. The molecule has 9 N–H and O–H groups in total. The lowest BCUT2D eigenvalue weighted by molar-refractivity contribution is 0.00611. The molecule has 1 unspecified atom stereocenters. The number of carbonyl (C=O) groups is 2. The van der Waals surface area contributed by atoms with Crippen LogP contribution < -0.4 is 31.3 Å². The van der Waals surface area contributed by atoms with Gasteiger partial charge in [0.2, 0.25) is 5.88 Å². The van der Waals surface area contributed by atoms with Gasteiger partial charge >= 0.3 is 0 Å². The van der Waals surface area contributed by atoms with Crippen molar-refractivity contribution in [3.8, 4) is 11.6 Å². The number of hydrogen-bond donors (Lipinski definition) is 9. The number of hydrogen-bond acceptors (Lipinski definition) is 9. The third-order valence-corrected chi connectivity index (χ3v) is 8.40. The van der Waals surface area contributed by atoms with Crippen LogP contribution in [0.1, 0.15) is 46.7 Å². The summed E-state index contributed by atoms with van der Waals surface area (Å²) in [4.78, 5) is 35.2. The molecule has 3 fully saturated rings. The molecule has 2 amide bonds. The van der Waals surface area contributed by atoms with E-state index in [1.165, 1.54) is 0 Å². The minimum atomic E-state index is -1.34. The van der Waals surface area contributed by atoms with Gasteiger partial charge in [-0.15, -0.1) is 0 Å². The van der Waals surface area contributed by atoms with Crippen molar-refractivity contribution in [1.82, 2.24) is 41.5 Å². The maximum atomic E-state index is 13.5. The average Bonchev–Trinajstić information content (AvgIpc) is 3.43. The van der Waals surface area contributed by atoms with Crippen LogP contribution in [0, 0.1) is 10.8 Å². The minimum Gasteiger partial charge on any atom is -0.493 e. The fourth-order valence-corrected chi connectivity index (χ4v) is 6.26. The summed E-state index contributed by atoms with van der Waals surface area (Å²) in [5, 5.41) is 52.9. The smallest absolute Gasteiger partial charge is 0.270 e. The molecule has 0 bridgehead atoms. The number of para-hydroxylation sites is 1. The summed E-state index contributed by atoms with van der Waals surface area (Å²) in [5.41, 5.74) is -0.209. The van der Waals surface area contributed by atoms with Crippen molar-refractivity contribution < 1.29 is 24.5 Å². The highest BCUT2D eigenvalue weighted by Crippen LogP contribution is 2.41. The molecule has 0 saturated carbocycles. The van der Waals surface area contributed by atoms with Gasteiger partial charge in [-0.3, -0.25) is 20.4 Å². The molecule has 15 nitrogen and oxygen atoms in total. The molecule has 4 aliphatic heterocycles. The Balaban J connectivity index is 1.22. The first-order valence-corrected chi connectivity index (χ1v) is 13.3. The number of nitrogens with one attached hydrogen (secondary N) is 7. The number of ether oxygens (including phenoxy) is 1. The topological polar surface area (TPSA) is 221 Å². The lowest BCUT2D eigenvalue weighted by Crippen LogP contribution is -2.78. The third-order valence-electron chi connectivity index (χ3n) is 8.40. The number of carbonyl (C=O) groups excluding carboxylic acids is 2. The van der Waals surface area contributed by atoms with Gasteiger partial charge < -0.3 is 46.4 Å². The van der Waals surface area contributed by atoms with E-state index in [1.54, 1.807) is 11.0 Å². The highest BCUT2D eigenvalue weighted by molar-refractivity contribution is 5.98. The second-order valence-corrected chi connectivity index (χ2v) is 11.3. The number of aliphatic hydroxyl groups excluding tert-OH is 1. The third kappa shape index (κ3) is 4.23. The van der Waals surface area contributed by atoms with Crippen LogP contribution >= 0.6 is 0 Å². The van der Waals surface area contributed by atoms with E-state index in [0.717, 1.165) is 24.4 Å². The van der Waals surface area contributed by atoms with Crippen molar-refractivity contribution in [3.05, 3.63) is 47.4 Å². The number of fused-ring (bicyclic) bond motifs is 1. The van der Waals surface area contributed by atoms with Gasteiger partial charge in [0.25, 0.3) is 11.8 Å². The Labute approximate surface area is 235 Å². The van der Waals surface area contributed by atoms with Gasteiger partial charge in [0.1, 0.15) is 23.9 Å². The summed E-state index contributed by atoms with van der Waals surface area (Å²) in [6.07, 6.45) is 0.661. The Bertz CT molecular complexity index is 1450. The zero-order valence-corrected chi connectivity index (χ0v) is 22.5. The maximum Gasteiger partial charge on any atom is 0.270 e. The van der Waals surface area contributed by atoms with Crippen LogP contribution in [-0.2, 0) is 5.41 Å². The summed E-state index contributed by atoms with van der Waals surface area (Å²) >= 11 is 0. The summed E-state index contributed by atoms with van der Waals surface area (Å²) in [5.74, 6) is -0.890. The second-order valence-electron chi connectivity index (χ2n) is 11.3. The summed E-state index contributed by atoms with van der Waals surface area (Å²) in [6.45, 7) is 4.80. The molecule has 0 aliphatic carbocycles. The number of nitrogens with zero attached hydrogens (tertiary/aromatic N) is 3. The first-order valence-electron chi connectivity index (χ1n) is 13.3. The molecule has 1 aromatic carbocycles. The SMILES string of the molecule is CC1(C)CCOc2c(C(=O)NC3CN4C(=N)N[C@@H](CNC(=O)c5cc(O)ncn5)[C@@H]5NC(=N)N[C@@]54[C@@H]3O)cccc21. The van der Waals surface area contributed by atoms with E-state index in [4.69, 9.17) is 15.6 Å². The van der Waals surface area contributed by atoms with E-state index >= 15 is 0 Å². The van der Waals surface area contributed by atoms with Crippen molar-refractivity contribution >= 4 is 23.7 Å². The predicted molar refractivity (Wildman–Crippen MR) is 145 cm³/mol. The quantitative estimate of drug-likeness (QED) is 0.204. The average molecular weight is 565 g/mol. The highest BCUT2D eigenvalue weighted by Gasteiger charge is 2.66. The minimum absolute atomic E-state index is 0.00121. The molecule has 6 rings (SSSR count). The largest absolute Gasteiger partial charge is 0.493 e. The van der Waals surface area contributed by atoms with Crippen LogP contribution in [0.4, 0.5) is 0 Å². The number of benzene rings is 1. The molecule has 5 atom stereocenters. The Morgan fingerprint density at radius 2 is 2.02 bits per heavy atom. The van der Waals surface area contributed by atoms with Crippen LogP contribution in [0.2, 0.25) is 0 Å². The van der Waals surface area contributed by atoms with Gasteiger partial charge in [0, 0.05) is 24.7 Å². The molecule has 5 heterocycles. The van der Waals surface area contributed by atoms with Crippen molar-refractivity contribution in [2.45, 2.75) is 55.6 Å². The van der Waals surface area contributed by atoms with Crippen LogP contribution in [0.3, 0.4) is 0 Å². The number of aliphatic hydroxyl groups is 1. The summed E-state index contributed by atoms with van der Waals surface area (Å²) in [7, 11) is 0. The van der Waals surface area contributed by atoms with E-state index in [1.807, 2.05) is 12.1 Å². The molecule has 216 valence electrons. The van der Waals surface area contributed by atoms with E-state index in [0.29, 0.717) is 17.9 Å². The Morgan fingerprint density at radius 3 is 2.80 bits per heavy atom. The molecular formula is C26H32N10O5. The molecule has 15 heteroatoms. The molecule has 4 aliphatic rings. The van der Waals surface area contributed by atoms with E-state index in [-0.39, 0.29) is 42.0 Å². The molecule has 0 radical (unpaired) electrons. The Hall–Kier alpha value is -4.66. The van der Waals surface area contributed by atoms with E-state index in [9.17, 15) is 19.8 Å². The van der Waals surface area contributed by atoms with Gasteiger partial charge in [0.15, 0.2) is 17.6 Å². The highest BCUT2D eigenvalue weighted by atomic mass is 16.5. The lowest BCUT2D eigenvalue weighted by atomic mass is 9.79. The molecule has 3 saturated heterocycles. The molecule has 41 heavy (non-hydrogen) atoms. The lowest BCUT2D eigenvalue weighted by Gasteiger charge is -2.49. The van der Waals surface area contributed by atoms with Crippen molar-refractivity contribution in [1.29, 1.82) is 10.8 Å². The molecular weight excluding hydrogens is 532 g/mol. The standard InChI is InChI=1S/C26H32N10O5/c1-25(2)6-7-41-18-12(4-3-5-13(18)25)21(39)32-16-10-36-24(28)33-15(19-26(36,20(16)38)35-23(27)34-19)9-29-22(40)14-8-17(37)31-11-30-14/h3-5,8,11,15-16,19-20,38H,6-7,9-10H2,1-2H3,(H2,28,33)(H,29,40)(H,32,39)(H3,27,34,35)(H,30,31,37)/t15-,16?,19-,20+,26-/m0/s1. The predicted octanol–water partition coefficient (Wildman–Crippen LogP) is -1.45. The first-order chi connectivity index (χ1) is 19.5. The van der Waals surface area contributed by atoms with Crippen molar-refractivity contribution in [2.75, 3.05) is 19.7 Å². The number of aromatic hydroxyl groups is 1. The molecule has 1 aromatic heterocycles. The second kappa shape index (κ2) is 9.47. The van der Waals surface area contributed by atoms with E-state index in [2.05, 4.69) is 50.4 Å². The Morgan fingerprint density at radius 1 is 1.22 bits per heavy atom. The van der Waals surface area contributed by atoms with Crippen LogP contribution in [0.15, 0.2) is 30.6 Å². The number of rotatable bonds is 5. The van der Waals surface area contributed by atoms with Crippen molar-refractivity contribution in [2.24, 2.45) is 0 Å². The fourth-order valence-electron chi connectivity index (χ4n) is 6.26. The van der Waals surface area contributed by atoms with Gasteiger partial charge in [-0.05, 0) is 17.9 Å². The van der Waals surface area contributed by atoms with Gasteiger partial charge in [-0.2, -0.15) is 0 Å². The normalized spacial score (nSPS) is 29.1. The number of guanidine groups is 2. The monoisotopic (exact) mass is 564 g/mol. The van der Waals surface area contributed by atoms with Crippen molar-refractivity contribution in [3.63, 3.8) is 0 Å². The Kier molecular flexibility index (Phi) is 6.13. The van der Waals surface area contributed by atoms with Gasteiger partial charge in [-0.25, -0.2) is 9.97 Å². The summed E-state index contributed by atoms with van der Waals surface area (Å²) < 4.78 is 5.91. The van der Waals surface area contributed by atoms with Gasteiger partial charge in [0.05, 0.1) is 30.3 Å².